The van der Waals surface area contributed by atoms with Crippen LogP contribution >= 0.6 is 25.1 Å². The van der Waals surface area contributed by atoms with Gasteiger partial charge in [-0.05, 0) is 16.2 Å². The van der Waals surface area contributed by atoms with Crippen LogP contribution in [0.3, 0.4) is 0 Å². The van der Waals surface area contributed by atoms with Gasteiger partial charge in [0.2, 0.25) is 0 Å². The van der Waals surface area contributed by atoms with Crippen molar-refractivity contribution in [3.05, 3.63) is 12.7 Å². The monoisotopic (exact) mass is 292 g/mol. The summed E-state index contributed by atoms with van der Waals surface area (Å²) in [6.07, 6.45) is 0.722. The first-order valence-electron chi connectivity index (χ1n) is 1.25. The number of halogens is 2. The Morgan fingerprint density at radius 1 is 1.75 bits per heavy atom. The molecule has 0 rings (SSSR count). The fraction of sp³-hybridized carbons (Fsp3) is 0. The average Bonchev–Trinajstić information content (AvgIpc) is 1.73. The van der Waals surface area contributed by atoms with Crippen molar-refractivity contribution in [1.29, 1.82) is 0 Å². The molecule has 0 aromatic rings. The molecule has 0 N–H and O–H groups in total. The number of hydrogen-bond acceptors (Lipinski definition) is 2. The molecule has 0 aliphatic carbocycles. The van der Waals surface area contributed by atoms with Gasteiger partial charge in [-0.3, -0.25) is 0 Å². The maximum Gasteiger partial charge on any atom is 1.00 e. The molecule has 0 saturated heterocycles. The summed E-state index contributed by atoms with van der Waals surface area (Å²) in [4.78, 5) is 9.14. The van der Waals surface area contributed by atoms with Crippen molar-refractivity contribution in [3.8, 4) is 0 Å². The van der Waals surface area contributed by atoms with E-state index in [0.29, 0.717) is 0 Å². The van der Waals surface area contributed by atoms with E-state index < -0.39 is 5.97 Å². The van der Waals surface area contributed by atoms with Crippen molar-refractivity contribution in [2.75, 3.05) is 0 Å². The van der Waals surface area contributed by atoms with Crippen LogP contribution in [0.4, 0.5) is 0 Å². The van der Waals surface area contributed by atoms with Gasteiger partial charge in [-0.1, -0.05) is 6.58 Å². The van der Waals surface area contributed by atoms with Crippen LogP contribution in [0.1, 0.15) is 0 Å². The molecule has 0 radical (unpaired) electrons. The molecule has 0 aromatic heterocycles. The minimum Gasteiger partial charge on any atom is -0.545 e. The summed E-state index contributed by atoms with van der Waals surface area (Å²) in [7, 11) is 4.45. The topological polar surface area (TPSA) is 40.1 Å². The standard InChI is InChI=1S/C3H4O2.Ag.BrCl/c1-2-3(4)5;;1-2/h2H,1H2,(H,4,5);;/q;+1;/p-1. The molecular formula is C3H3AgBrClO2. The molecule has 0 aliphatic rings. The SMILES string of the molecule is C=CC(=O)[O-].ClBr.[Ag+]. The number of carboxylic acids is 1. The molecular weight excluding hydrogens is 291 g/mol. The normalized spacial score (nSPS) is 4.75. The maximum absolute atomic E-state index is 9.14. The number of carboxylic acid groups (broad SMARTS) is 1. The first-order valence-corrected chi connectivity index (χ1v) is 3.33. The van der Waals surface area contributed by atoms with Gasteiger partial charge in [0.05, 0.1) is 5.97 Å². The van der Waals surface area contributed by atoms with Crippen LogP contribution in [-0.4, -0.2) is 5.97 Å². The summed E-state index contributed by atoms with van der Waals surface area (Å²) in [6.45, 7) is 2.90. The van der Waals surface area contributed by atoms with Crippen molar-refractivity contribution >= 4 is 31.1 Å². The van der Waals surface area contributed by atoms with E-state index in [9.17, 15) is 0 Å². The molecule has 8 heavy (non-hydrogen) atoms. The maximum atomic E-state index is 9.14. The van der Waals surface area contributed by atoms with Crippen molar-refractivity contribution in [2.45, 2.75) is 0 Å². The Kier molecular flexibility index (Phi) is 31.1. The van der Waals surface area contributed by atoms with Crippen LogP contribution in [0.25, 0.3) is 0 Å². The van der Waals surface area contributed by atoms with E-state index >= 15 is 0 Å². The van der Waals surface area contributed by atoms with Crippen LogP contribution in [0.15, 0.2) is 12.7 Å². The van der Waals surface area contributed by atoms with Crippen molar-refractivity contribution in [3.63, 3.8) is 0 Å². The molecule has 5 heteroatoms. The summed E-state index contributed by atoms with van der Waals surface area (Å²) >= 11 is 2.41. The zero-order valence-electron chi connectivity index (χ0n) is 3.66. The van der Waals surface area contributed by atoms with Gasteiger partial charge < -0.3 is 9.90 Å². The predicted molar refractivity (Wildman–Crippen MR) is 30.0 cm³/mol. The van der Waals surface area contributed by atoms with Gasteiger partial charge in [-0.2, -0.15) is 0 Å². The van der Waals surface area contributed by atoms with E-state index in [1.807, 2.05) is 0 Å². The third-order valence-electron chi connectivity index (χ3n) is 0.167. The molecule has 0 heterocycles. The zero-order chi connectivity index (χ0) is 6.28. The Bertz CT molecular complexity index is 68.3. The van der Waals surface area contributed by atoms with E-state index in [0.717, 1.165) is 6.08 Å². The minimum absolute atomic E-state index is 0. The zero-order valence-corrected chi connectivity index (χ0v) is 7.48. The van der Waals surface area contributed by atoms with Crippen LogP contribution in [-0.2, 0) is 27.2 Å². The van der Waals surface area contributed by atoms with Gasteiger partial charge in [0.1, 0.15) is 0 Å². The molecule has 0 saturated carbocycles. The Hall–Kier alpha value is 0.720. The first-order chi connectivity index (χ1) is 3.27. The fourth-order valence-electron chi connectivity index (χ4n) is 0. The van der Waals surface area contributed by atoms with Crippen LogP contribution < -0.4 is 5.11 Å². The third kappa shape index (κ3) is 29.7. The summed E-state index contributed by atoms with van der Waals surface area (Å²) in [5.74, 6) is -1.23. The first kappa shape index (κ1) is 15.9. The molecule has 0 spiro atoms. The summed E-state index contributed by atoms with van der Waals surface area (Å²) < 4.78 is 0. The number of carbonyl (C=O) groups excluding carboxylic acids is 1. The van der Waals surface area contributed by atoms with Gasteiger partial charge >= 0.3 is 22.4 Å². The molecule has 52 valence electrons. The van der Waals surface area contributed by atoms with Gasteiger partial charge in [0.15, 0.2) is 0 Å². The predicted octanol–water partition coefficient (Wildman–Crippen LogP) is 0.455. The number of rotatable bonds is 1. The van der Waals surface area contributed by atoms with Crippen LogP contribution in [0, 0.1) is 0 Å². The van der Waals surface area contributed by atoms with Gasteiger partial charge in [-0.15, -0.1) is 0 Å². The van der Waals surface area contributed by atoms with Crippen LogP contribution in [0.2, 0.25) is 0 Å². The second kappa shape index (κ2) is 15.6. The number of carbonyl (C=O) groups is 1. The average molecular weight is 294 g/mol. The number of hydrogen-bond donors (Lipinski definition) is 0. The minimum atomic E-state index is -1.23. The van der Waals surface area contributed by atoms with Crippen LogP contribution in [0.5, 0.6) is 0 Å². The number of aliphatic carboxylic acids is 1. The molecule has 0 atom stereocenters. The smallest absolute Gasteiger partial charge is 0.545 e. The van der Waals surface area contributed by atoms with E-state index in [1.54, 1.807) is 0 Å². The third-order valence-corrected chi connectivity index (χ3v) is 0.167. The largest absolute Gasteiger partial charge is 1.00 e. The van der Waals surface area contributed by atoms with E-state index in [1.165, 1.54) is 0 Å². The Morgan fingerprint density at radius 2 is 1.88 bits per heavy atom. The Morgan fingerprint density at radius 3 is 1.88 bits per heavy atom. The van der Waals surface area contributed by atoms with Crippen molar-refractivity contribution in [1.82, 2.24) is 0 Å². The van der Waals surface area contributed by atoms with E-state index in [-0.39, 0.29) is 22.4 Å². The molecule has 0 amide bonds. The molecule has 2 nitrogen and oxygen atoms in total. The summed E-state index contributed by atoms with van der Waals surface area (Å²) in [5.41, 5.74) is 0. The molecule has 0 bridgehead atoms. The fourth-order valence-corrected chi connectivity index (χ4v) is 0. The van der Waals surface area contributed by atoms with Gasteiger partial charge in [-0.25, -0.2) is 0 Å². The second-order valence-corrected chi connectivity index (χ2v) is 0.523. The molecule has 0 unspecified atom stereocenters. The summed E-state index contributed by atoms with van der Waals surface area (Å²) in [5, 5.41) is 9.14. The second-order valence-electron chi connectivity index (χ2n) is 0.523. The molecule has 0 aromatic carbocycles. The molecule has 0 aliphatic heterocycles. The van der Waals surface area contributed by atoms with Gasteiger partial charge in [0, 0.05) is 15.0 Å². The molecule has 0 fully saturated rings. The van der Waals surface area contributed by atoms with Crippen molar-refractivity contribution in [2.24, 2.45) is 0 Å². The Balaban J connectivity index is -0.0000000750. The van der Waals surface area contributed by atoms with Gasteiger partial charge in [0.25, 0.3) is 0 Å². The Labute approximate surface area is 75.8 Å². The summed E-state index contributed by atoms with van der Waals surface area (Å²) in [6, 6.07) is 0. The quantitative estimate of drug-likeness (QED) is 0.520. The van der Waals surface area contributed by atoms with Crippen molar-refractivity contribution < 1.29 is 32.3 Å². The van der Waals surface area contributed by atoms with E-state index in [4.69, 9.17) is 9.90 Å². The van der Waals surface area contributed by atoms with E-state index in [2.05, 4.69) is 31.7 Å².